The molecule has 0 aliphatic carbocycles. The zero-order valence-corrected chi connectivity index (χ0v) is 16.5. The molecule has 3 rings (SSSR count). The minimum Gasteiger partial charge on any atom is -0.490 e. The predicted octanol–water partition coefficient (Wildman–Crippen LogP) is 4.43. The summed E-state index contributed by atoms with van der Waals surface area (Å²) in [6.45, 7) is 3.04. The van der Waals surface area contributed by atoms with E-state index in [9.17, 15) is 4.79 Å². The van der Waals surface area contributed by atoms with Gasteiger partial charge < -0.3 is 20.1 Å². The highest BCUT2D eigenvalue weighted by Crippen LogP contribution is 2.23. The average molecular weight is 390 g/mol. The molecule has 0 saturated heterocycles. The van der Waals surface area contributed by atoms with Crippen molar-refractivity contribution in [3.8, 4) is 11.5 Å². The quantitative estimate of drug-likeness (QED) is 0.503. The van der Waals surface area contributed by atoms with E-state index in [-0.39, 0.29) is 18.5 Å². The topological polar surface area (TPSA) is 59.6 Å². The molecule has 1 amide bonds. The van der Waals surface area contributed by atoms with Gasteiger partial charge in [-0.3, -0.25) is 4.79 Å². The third-order valence-electron chi connectivity index (χ3n) is 4.38. The molecule has 0 heterocycles. The van der Waals surface area contributed by atoms with E-state index in [1.54, 1.807) is 0 Å². The molecule has 0 saturated carbocycles. The summed E-state index contributed by atoms with van der Waals surface area (Å²) in [6.07, 6.45) is 0. The molecule has 3 aromatic carbocycles. The Morgan fingerprint density at radius 2 is 1.45 bits per heavy atom. The maximum absolute atomic E-state index is 12.4. The van der Waals surface area contributed by atoms with Crippen LogP contribution in [0.15, 0.2) is 84.9 Å². The Labute approximate surface area is 171 Å². The van der Waals surface area contributed by atoms with E-state index in [0.29, 0.717) is 24.7 Å². The Bertz CT molecular complexity index is 885. The van der Waals surface area contributed by atoms with Crippen molar-refractivity contribution in [2.45, 2.75) is 13.0 Å². The fourth-order valence-corrected chi connectivity index (χ4v) is 2.82. The summed E-state index contributed by atoms with van der Waals surface area (Å²) in [5.74, 6) is 1.30. The molecule has 150 valence electrons. The molecule has 5 nitrogen and oxygen atoms in total. The minimum absolute atomic E-state index is 0.0866. The lowest BCUT2D eigenvalue weighted by Crippen LogP contribution is -2.30. The molecule has 0 aliphatic heterocycles. The van der Waals surface area contributed by atoms with Crippen LogP contribution in [0.4, 0.5) is 5.69 Å². The summed E-state index contributed by atoms with van der Waals surface area (Å²) < 4.78 is 11.4. The van der Waals surface area contributed by atoms with Crippen LogP contribution in [0.5, 0.6) is 11.5 Å². The molecule has 0 radical (unpaired) electrons. The summed E-state index contributed by atoms with van der Waals surface area (Å²) >= 11 is 0. The van der Waals surface area contributed by atoms with Gasteiger partial charge in [0.15, 0.2) is 0 Å². The lowest BCUT2D eigenvalue weighted by molar-refractivity contribution is -0.115. The molecule has 29 heavy (non-hydrogen) atoms. The second-order valence-electron chi connectivity index (χ2n) is 6.57. The Balaban J connectivity index is 1.46. The maximum Gasteiger partial charge on any atom is 0.238 e. The number of amides is 1. The van der Waals surface area contributed by atoms with Gasteiger partial charge in [-0.2, -0.15) is 0 Å². The minimum atomic E-state index is -0.121. The Morgan fingerprint density at radius 3 is 2.21 bits per heavy atom. The highest BCUT2D eigenvalue weighted by molar-refractivity contribution is 5.93. The van der Waals surface area contributed by atoms with Gasteiger partial charge in [-0.1, -0.05) is 60.7 Å². The molecular formula is C24H26N2O3. The van der Waals surface area contributed by atoms with Crippen LogP contribution in [0.2, 0.25) is 0 Å². The molecule has 0 aromatic heterocycles. The average Bonchev–Trinajstić information content (AvgIpc) is 2.77. The first-order valence-corrected chi connectivity index (χ1v) is 9.70. The van der Waals surface area contributed by atoms with Crippen molar-refractivity contribution in [3.63, 3.8) is 0 Å². The van der Waals surface area contributed by atoms with Gasteiger partial charge in [-0.25, -0.2) is 0 Å². The SMILES string of the molecule is CC(NCC(=O)Nc1ccccc1OCCOc1ccccc1)c1ccccc1. The molecule has 5 heteroatoms. The Kier molecular flexibility index (Phi) is 7.66. The highest BCUT2D eigenvalue weighted by Gasteiger charge is 2.10. The zero-order valence-electron chi connectivity index (χ0n) is 16.5. The van der Waals surface area contributed by atoms with Gasteiger partial charge in [-0.05, 0) is 36.8 Å². The van der Waals surface area contributed by atoms with Crippen LogP contribution >= 0.6 is 0 Å². The van der Waals surface area contributed by atoms with E-state index in [1.165, 1.54) is 0 Å². The first-order valence-electron chi connectivity index (χ1n) is 9.70. The second kappa shape index (κ2) is 10.9. The Morgan fingerprint density at radius 1 is 0.828 bits per heavy atom. The molecule has 2 N–H and O–H groups in total. The number of hydrogen-bond donors (Lipinski definition) is 2. The number of nitrogens with one attached hydrogen (secondary N) is 2. The fraction of sp³-hybridized carbons (Fsp3) is 0.208. The number of carbonyl (C=O) groups excluding carboxylic acids is 1. The van der Waals surface area contributed by atoms with Gasteiger partial charge in [-0.15, -0.1) is 0 Å². The van der Waals surface area contributed by atoms with Crippen molar-refractivity contribution in [2.24, 2.45) is 0 Å². The summed E-state index contributed by atoms with van der Waals surface area (Å²) in [5, 5.41) is 6.14. The molecule has 0 bridgehead atoms. The van der Waals surface area contributed by atoms with Gasteiger partial charge in [0.1, 0.15) is 24.7 Å². The van der Waals surface area contributed by atoms with E-state index in [4.69, 9.17) is 9.47 Å². The summed E-state index contributed by atoms with van der Waals surface area (Å²) in [7, 11) is 0. The summed E-state index contributed by atoms with van der Waals surface area (Å²) in [4.78, 5) is 12.4. The van der Waals surface area contributed by atoms with Crippen molar-refractivity contribution < 1.29 is 14.3 Å². The molecule has 1 atom stereocenters. The van der Waals surface area contributed by atoms with Crippen LogP contribution in [0, 0.1) is 0 Å². The second-order valence-corrected chi connectivity index (χ2v) is 6.57. The number of rotatable bonds is 10. The normalized spacial score (nSPS) is 11.5. The van der Waals surface area contributed by atoms with Gasteiger partial charge in [0.05, 0.1) is 12.2 Å². The fourth-order valence-electron chi connectivity index (χ4n) is 2.82. The van der Waals surface area contributed by atoms with Gasteiger partial charge in [0.2, 0.25) is 5.91 Å². The van der Waals surface area contributed by atoms with Gasteiger partial charge in [0.25, 0.3) is 0 Å². The van der Waals surface area contributed by atoms with E-state index >= 15 is 0 Å². The van der Waals surface area contributed by atoms with Crippen molar-refractivity contribution in [1.82, 2.24) is 5.32 Å². The van der Waals surface area contributed by atoms with Crippen molar-refractivity contribution in [1.29, 1.82) is 0 Å². The van der Waals surface area contributed by atoms with Crippen LogP contribution < -0.4 is 20.1 Å². The van der Waals surface area contributed by atoms with Gasteiger partial charge in [0, 0.05) is 6.04 Å². The summed E-state index contributed by atoms with van der Waals surface area (Å²) in [6, 6.07) is 27.1. The van der Waals surface area contributed by atoms with Crippen LogP contribution in [-0.2, 0) is 4.79 Å². The number of carbonyl (C=O) groups is 1. The standard InChI is InChI=1S/C24H26N2O3/c1-19(20-10-4-2-5-11-20)25-18-24(27)26-22-14-8-9-15-23(22)29-17-16-28-21-12-6-3-7-13-21/h2-15,19,25H,16-18H2,1H3,(H,26,27). The van der Waals surface area contributed by atoms with Gasteiger partial charge >= 0.3 is 0 Å². The summed E-state index contributed by atoms with van der Waals surface area (Å²) in [5.41, 5.74) is 1.79. The van der Waals surface area contributed by atoms with Crippen molar-refractivity contribution in [2.75, 3.05) is 25.1 Å². The van der Waals surface area contributed by atoms with Crippen LogP contribution in [0.3, 0.4) is 0 Å². The lowest BCUT2D eigenvalue weighted by atomic mass is 10.1. The largest absolute Gasteiger partial charge is 0.490 e. The molecule has 0 aliphatic rings. The monoisotopic (exact) mass is 390 g/mol. The first-order chi connectivity index (χ1) is 14.2. The Hall–Kier alpha value is -3.31. The molecule has 0 spiro atoms. The van der Waals surface area contributed by atoms with E-state index in [2.05, 4.69) is 10.6 Å². The van der Waals surface area contributed by atoms with Crippen LogP contribution in [0.1, 0.15) is 18.5 Å². The van der Waals surface area contributed by atoms with Crippen molar-refractivity contribution >= 4 is 11.6 Å². The van der Waals surface area contributed by atoms with Crippen molar-refractivity contribution in [3.05, 3.63) is 90.5 Å². The first kappa shape index (κ1) is 20.4. The van der Waals surface area contributed by atoms with Crippen LogP contribution in [-0.4, -0.2) is 25.7 Å². The lowest BCUT2D eigenvalue weighted by Gasteiger charge is -2.15. The molecule has 0 fully saturated rings. The zero-order chi connectivity index (χ0) is 20.3. The molecule has 3 aromatic rings. The maximum atomic E-state index is 12.4. The molecular weight excluding hydrogens is 364 g/mol. The molecule has 1 unspecified atom stereocenters. The van der Waals surface area contributed by atoms with E-state index in [1.807, 2.05) is 91.9 Å². The number of hydrogen-bond acceptors (Lipinski definition) is 4. The number of benzene rings is 3. The third-order valence-corrected chi connectivity index (χ3v) is 4.38. The predicted molar refractivity (Wildman–Crippen MR) is 115 cm³/mol. The third kappa shape index (κ3) is 6.66. The number of anilines is 1. The van der Waals surface area contributed by atoms with Crippen LogP contribution in [0.25, 0.3) is 0 Å². The highest BCUT2D eigenvalue weighted by atomic mass is 16.5. The smallest absolute Gasteiger partial charge is 0.238 e. The number of ether oxygens (including phenoxy) is 2. The van der Waals surface area contributed by atoms with E-state index < -0.39 is 0 Å². The number of para-hydroxylation sites is 3. The van der Waals surface area contributed by atoms with E-state index in [0.717, 1.165) is 11.3 Å².